The molecule has 5 nitrogen and oxygen atoms in total. The van der Waals surface area contributed by atoms with Crippen molar-refractivity contribution in [3.63, 3.8) is 0 Å². The van der Waals surface area contributed by atoms with E-state index in [2.05, 4.69) is 43.0 Å². The Hall–Kier alpha value is -2.38. The lowest BCUT2D eigenvalue weighted by Crippen LogP contribution is -2.40. The van der Waals surface area contributed by atoms with Crippen LogP contribution in [0.4, 0.5) is 11.4 Å². The number of aliphatic imine (C=N–C) groups is 1. The van der Waals surface area contributed by atoms with Gasteiger partial charge in [-0.3, -0.25) is 9.69 Å². The minimum absolute atomic E-state index is 0.0875. The summed E-state index contributed by atoms with van der Waals surface area (Å²) in [7, 11) is 3.70. The van der Waals surface area contributed by atoms with Crippen molar-refractivity contribution in [3.8, 4) is 5.75 Å². The lowest BCUT2D eigenvalue weighted by Gasteiger charge is -2.30. The molecule has 0 atom stereocenters. The minimum atomic E-state index is 0.0875. The van der Waals surface area contributed by atoms with E-state index in [1.54, 1.807) is 18.9 Å². The van der Waals surface area contributed by atoms with Crippen molar-refractivity contribution < 1.29 is 9.53 Å². The largest absolute Gasteiger partial charge is 0.497 e. The van der Waals surface area contributed by atoms with E-state index in [9.17, 15) is 4.79 Å². The summed E-state index contributed by atoms with van der Waals surface area (Å²) >= 11 is 3.18. The first kappa shape index (κ1) is 22.4. The molecular formula is C26H29N3O2S2. The lowest BCUT2D eigenvalue weighted by atomic mass is 9.94. The van der Waals surface area contributed by atoms with Gasteiger partial charge in [-0.1, -0.05) is 48.7 Å². The van der Waals surface area contributed by atoms with Crippen LogP contribution in [0.15, 0.2) is 56.2 Å². The second-order valence-electron chi connectivity index (χ2n) is 8.88. The summed E-state index contributed by atoms with van der Waals surface area (Å²) in [5, 5.41) is 1.78. The van der Waals surface area contributed by atoms with Gasteiger partial charge in [-0.15, -0.1) is 0 Å². The first-order chi connectivity index (χ1) is 16.0. The number of rotatable bonds is 3. The van der Waals surface area contributed by atoms with E-state index in [0.29, 0.717) is 0 Å². The van der Waals surface area contributed by atoms with Gasteiger partial charge < -0.3 is 9.64 Å². The van der Waals surface area contributed by atoms with Gasteiger partial charge in [0.2, 0.25) is 0 Å². The second-order valence-corrected chi connectivity index (χ2v) is 10.9. The fourth-order valence-electron chi connectivity index (χ4n) is 4.74. The van der Waals surface area contributed by atoms with Gasteiger partial charge in [0.25, 0.3) is 5.91 Å². The average Bonchev–Trinajstić information content (AvgIpc) is 3.32. The van der Waals surface area contributed by atoms with Crippen molar-refractivity contribution in [3.05, 3.63) is 57.5 Å². The van der Waals surface area contributed by atoms with Crippen LogP contribution >= 0.6 is 23.5 Å². The third kappa shape index (κ3) is 4.17. The highest BCUT2D eigenvalue weighted by atomic mass is 32.2. The van der Waals surface area contributed by atoms with Crippen molar-refractivity contribution in [2.75, 3.05) is 19.1 Å². The molecule has 0 N–H and O–H groups in total. The highest BCUT2D eigenvalue weighted by Crippen LogP contribution is 2.51. The number of hydrogen-bond acceptors (Lipinski definition) is 6. The molecule has 0 spiro atoms. The standard InChI is InChI=1S/C26H29N3O2S2/c1-16-10-12-20(17(2)14-16)27-26-29(18-8-6-5-7-9-18)24(30)23(33-26)25-28(3)21-15-19(31-4)11-13-22(21)32-25/h10-15,18H,5-9H2,1-4H3/b25-23-,27-26?. The molecule has 0 unspecified atom stereocenters. The number of ether oxygens (including phenoxy) is 1. The molecule has 2 fully saturated rings. The molecule has 2 heterocycles. The summed E-state index contributed by atoms with van der Waals surface area (Å²) in [6.45, 7) is 4.18. The summed E-state index contributed by atoms with van der Waals surface area (Å²) in [5.41, 5.74) is 4.35. The summed E-state index contributed by atoms with van der Waals surface area (Å²) in [5.74, 6) is 0.906. The van der Waals surface area contributed by atoms with Gasteiger partial charge in [0, 0.05) is 24.1 Å². The van der Waals surface area contributed by atoms with E-state index in [-0.39, 0.29) is 11.9 Å². The molecule has 172 valence electrons. The summed E-state index contributed by atoms with van der Waals surface area (Å²) in [6.07, 6.45) is 5.67. The van der Waals surface area contributed by atoms with Crippen LogP contribution in [-0.2, 0) is 4.79 Å². The molecule has 3 aliphatic rings. The molecule has 0 radical (unpaired) electrons. The quantitative estimate of drug-likeness (QED) is 0.463. The molecule has 0 bridgehead atoms. The first-order valence-electron chi connectivity index (χ1n) is 11.5. The molecular weight excluding hydrogens is 450 g/mol. The smallest absolute Gasteiger partial charge is 0.269 e. The zero-order chi connectivity index (χ0) is 23.1. The molecule has 2 aromatic carbocycles. The number of aryl methyl sites for hydroxylation is 2. The summed E-state index contributed by atoms with van der Waals surface area (Å²) in [6, 6.07) is 12.6. The van der Waals surface area contributed by atoms with Crippen LogP contribution in [0.1, 0.15) is 43.2 Å². The molecule has 2 aliphatic heterocycles. The zero-order valence-corrected chi connectivity index (χ0v) is 21.2. The van der Waals surface area contributed by atoms with Gasteiger partial charge in [0.05, 0.1) is 23.5 Å². The third-order valence-electron chi connectivity index (χ3n) is 6.55. The van der Waals surface area contributed by atoms with Crippen LogP contribution in [0.2, 0.25) is 0 Å². The maximum absolute atomic E-state index is 13.9. The molecule has 5 rings (SSSR count). The van der Waals surface area contributed by atoms with E-state index < -0.39 is 0 Å². The van der Waals surface area contributed by atoms with Crippen molar-refractivity contribution in [1.29, 1.82) is 0 Å². The number of amidine groups is 1. The van der Waals surface area contributed by atoms with Crippen LogP contribution in [0.3, 0.4) is 0 Å². The molecule has 7 heteroatoms. The number of thioether (sulfide) groups is 2. The number of hydrogen-bond donors (Lipinski definition) is 0. The Balaban J connectivity index is 1.56. The van der Waals surface area contributed by atoms with Crippen LogP contribution < -0.4 is 9.64 Å². The maximum Gasteiger partial charge on any atom is 0.269 e. The lowest BCUT2D eigenvalue weighted by molar-refractivity contribution is -0.124. The highest BCUT2D eigenvalue weighted by molar-refractivity contribution is 8.19. The van der Waals surface area contributed by atoms with Gasteiger partial charge in [-0.05, 0) is 62.2 Å². The zero-order valence-electron chi connectivity index (χ0n) is 19.6. The number of carbonyl (C=O) groups excluding carboxylic acids is 1. The molecule has 1 saturated carbocycles. The van der Waals surface area contributed by atoms with Crippen molar-refractivity contribution in [2.45, 2.75) is 56.9 Å². The predicted molar refractivity (Wildman–Crippen MR) is 139 cm³/mol. The molecule has 2 aromatic rings. The topological polar surface area (TPSA) is 45.1 Å². The summed E-state index contributed by atoms with van der Waals surface area (Å²) < 4.78 is 5.42. The average molecular weight is 480 g/mol. The fraction of sp³-hybridized carbons (Fsp3) is 0.385. The molecule has 1 amide bonds. The van der Waals surface area contributed by atoms with Gasteiger partial charge in [-0.2, -0.15) is 0 Å². The van der Waals surface area contributed by atoms with Crippen LogP contribution in [0.5, 0.6) is 5.75 Å². The molecule has 1 aliphatic carbocycles. The Bertz CT molecular complexity index is 1170. The van der Waals surface area contributed by atoms with Crippen LogP contribution in [-0.4, -0.2) is 36.2 Å². The van der Waals surface area contributed by atoms with E-state index in [4.69, 9.17) is 9.73 Å². The fourth-order valence-corrected chi connectivity index (χ4v) is 7.12. The Labute approximate surface area is 204 Å². The predicted octanol–water partition coefficient (Wildman–Crippen LogP) is 6.62. The number of fused-ring (bicyclic) bond motifs is 1. The number of nitrogens with zero attached hydrogens (tertiary/aromatic N) is 3. The van der Waals surface area contributed by atoms with Crippen LogP contribution in [0, 0.1) is 13.8 Å². The summed E-state index contributed by atoms with van der Waals surface area (Å²) in [4.78, 5) is 24.9. The van der Waals surface area contributed by atoms with E-state index >= 15 is 0 Å². The van der Waals surface area contributed by atoms with E-state index in [0.717, 1.165) is 55.5 Å². The van der Waals surface area contributed by atoms with Gasteiger partial charge in [-0.25, -0.2) is 4.99 Å². The molecule has 1 saturated heterocycles. The number of amides is 1. The van der Waals surface area contributed by atoms with Gasteiger partial charge in [0.15, 0.2) is 5.17 Å². The Morgan fingerprint density at radius 1 is 1.03 bits per heavy atom. The van der Waals surface area contributed by atoms with Crippen molar-refractivity contribution in [1.82, 2.24) is 4.90 Å². The van der Waals surface area contributed by atoms with Crippen LogP contribution in [0.25, 0.3) is 0 Å². The number of methoxy groups -OCH3 is 1. The Kier molecular flexibility index (Phi) is 6.18. The minimum Gasteiger partial charge on any atom is -0.497 e. The number of benzene rings is 2. The second kappa shape index (κ2) is 9.11. The van der Waals surface area contributed by atoms with Gasteiger partial charge in [0.1, 0.15) is 10.7 Å². The molecule has 0 aromatic heterocycles. The van der Waals surface area contributed by atoms with E-state index in [1.807, 2.05) is 24.1 Å². The number of carbonyl (C=O) groups is 1. The van der Waals surface area contributed by atoms with Crippen molar-refractivity contribution >= 4 is 46.0 Å². The Morgan fingerprint density at radius 3 is 2.55 bits per heavy atom. The van der Waals surface area contributed by atoms with E-state index in [1.165, 1.54) is 36.6 Å². The number of anilines is 1. The van der Waals surface area contributed by atoms with Crippen molar-refractivity contribution in [2.24, 2.45) is 4.99 Å². The first-order valence-corrected chi connectivity index (χ1v) is 13.1. The monoisotopic (exact) mass is 479 g/mol. The SMILES string of the molecule is COc1ccc2c(c1)N(C)/C(=C1/SC(=Nc3ccc(C)cc3C)N(C3CCCCC3)C1=O)S2. The molecule has 33 heavy (non-hydrogen) atoms. The maximum atomic E-state index is 13.9. The highest BCUT2D eigenvalue weighted by Gasteiger charge is 2.42. The normalized spacial score (nSPS) is 22.4. The third-order valence-corrected chi connectivity index (χ3v) is 8.96. The Morgan fingerprint density at radius 2 is 1.82 bits per heavy atom. The van der Waals surface area contributed by atoms with Gasteiger partial charge >= 0.3 is 0 Å².